The molecule has 2 aliphatic rings. The monoisotopic (exact) mass is 406 g/mol. The van der Waals surface area contributed by atoms with Crippen LogP contribution in [0.4, 0.5) is 0 Å². The molecule has 0 radical (unpaired) electrons. The Balaban J connectivity index is 1.48. The summed E-state index contributed by atoms with van der Waals surface area (Å²) in [6.45, 7) is 3.44. The highest BCUT2D eigenvalue weighted by Gasteiger charge is 2.28. The molecular weight excluding hydrogens is 372 g/mol. The fraction of sp³-hybridized carbons (Fsp3) is 0.682. The Morgan fingerprint density at radius 2 is 1.82 bits per heavy atom. The van der Waals surface area contributed by atoms with Crippen molar-refractivity contribution in [2.75, 3.05) is 13.1 Å². The molecule has 3 rings (SSSR count). The molecule has 0 aromatic heterocycles. The Bertz CT molecular complexity index is 740. The second kappa shape index (κ2) is 9.88. The van der Waals surface area contributed by atoms with Crippen LogP contribution in [0.2, 0.25) is 0 Å². The highest BCUT2D eigenvalue weighted by atomic mass is 32.2. The number of hydrogen-bond donors (Lipinski definition) is 1. The number of unbranched alkanes of at least 4 members (excludes halogenated alkanes) is 1. The van der Waals surface area contributed by atoms with Crippen LogP contribution in [0.25, 0.3) is 0 Å². The summed E-state index contributed by atoms with van der Waals surface area (Å²) in [6.07, 6.45) is 10.2. The van der Waals surface area contributed by atoms with Gasteiger partial charge in [0.1, 0.15) is 0 Å². The van der Waals surface area contributed by atoms with Crippen molar-refractivity contribution in [3.8, 4) is 0 Å². The number of hydrogen-bond acceptors (Lipinski definition) is 3. The highest BCUT2D eigenvalue weighted by molar-refractivity contribution is 7.89. The van der Waals surface area contributed by atoms with E-state index in [1.165, 1.54) is 32.1 Å². The van der Waals surface area contributed by atoms with Gasteiger partial charge >= 0.3 is 0 Å². The van der Waals surface area contributed by atoms with Crippen LogP contribution >= 0.6 is 0 Å². The minimum absolute atomic E-state index is 0.113. The van der Waals surface area contributed by atoms with Crippen LogP contribution in [0.1, 0.15) is 70.3 Å². The Morgan fingerprint density at radius 1 is 1.11 bits per heavy atom. The zero-order valence-electron chi connectivity index (χ0n) is 17.0. The molecule has 2 fully saturated rings. The standard InChI is InChI=1S/C22H34N2O3S/c1-2-3-7-19-8-6-9-21(19)23-22(25)15-12-18-10-13-20(14-11-18)28(26,27)24-16-4-5-17-24/h10-11,13-14,19,21H,2-9,12,15-17H2,1H3,(H,23,25). The van der Waals surface area contributed by atoms with Crippen molar-refractivity contribution in [1.82, 2.24) is 9.62 Å². The first-order chi connectivity index (χ1) is 13.5. The summed E-state index contributed by atoms with van der Waals surface area (Å²) in [4.78, 5) is 12.7. The smallest absolute Gasteiger partial charge is 0.243 e. The van der Waals surface area contributed by atoms with Crippen LogP contribution in [0.5, 0.6) is 0 Å². The molecule has 1 aliphatic heterocycles. The van der Waals surface area contributed by atoms with E-state index in [2.05, 4.69) is 12.2 Å². The highest BCUT2D eigenvalue weighted by Crippen LogP contribution is 2.30. The first kappa shape index (κ1) is 21.3. The fourth-order valence-corrected chi connectivity index (χ4v) is 6.00. The van der Waals surface area contributed by atoms with Crippen LogP contribution in [0.15, 0.2) is 29.2 Å². The summed E-state index contributed by atoms with van der Waals surface area (Å²) in [5.74, 6) is 0.751. The van der Waals surface area contributed by atoms with Gasteiger partial charge in [0.15, 0.2) is 0 Å². The van der Waals surface area contributed by atoms with Gasteiger partial charge in [0, 0.05) is 25.6 Å². The Hall–Kier alpha value is -1.40. The quantitative estimate of drug-likeness (QED) is 0.677. The maximum absolute atomic E-state index is 12.6. The molecule has 2 atom stereocenters. The number of nitrogens with zero attached hydrogens (tertiary/aromatic N) is 1. The van der Waals surface area contributed by atoms with Crippen molar-refractivity contribution in [3.63, 3.8) is 0 Å². The lowest BCUT2D eigenvalue weighted by Crippen LogP contribution is -2.37. The van der Waals surface area contributed by atoms with Crippen LogP contribution in [-0.4, -0.2) is 37.8 Å². The van der Waals surface area contributed by atoms with Crippen molar-refractivity contribution in [2.45, 2.75) is 82.1 Å². The summed E-state index contributed by atoms with van der Waals surface area (Å²) < 4.78 is 26.7. The zero-order valence-corrected chi connectivity index (χ0v) is 17.8. The molecule has 1 aromatic rings. The van der Waals surface area contributed by atoms with Crippen molar-refractivity contribution < 1.29 is 13.2 Å². The van der Waals surface area contributed by atoms with E-state index in [9.17, 15) is 13.2 Å². The van der Waals surface area contributed by atoms with E-state index in [0.717, 1.165) is 24.8 Å². The van der Waals surface area contributed by atoms with Crippen molar-refractivity contribution in [3.05, 3.63) is 29.8 Å². The number of benzene rings is 1. The largest absolute Gasteiger partial charge is 0.353 e. The molecule has 0 spiro atoms. The second-order valence-corrected chi connectivity index (χ2v) is 10.2. The summed E-state index contributed by atoms with van der Waals surface area (Å²) in [7, 11) is -3.36. The van der Waals surface area contributed by atoms with Gasteiger partial charge in [0.05, 0.1) is 4.90 Å². The summed E-state index contributed by atoms with van der Waals surface area (Å²) in [5, 5.41) is 3.24. The Labute approximate surface area is 169 Å². The number of carbonyl (C=O) groups is 1. The first-order valence-corrected chi connectivity index (χ1v) is 12.3. The van der Waals surface area contributed by atoms with Crippen molar-refractivity contribution >= 4 is 15.9 Å². The predicted molar refractivity (Wildman–Crippen MR) is 112 cm³/mol. The first-order valence-electron chi connectivity index (χ1n) is 10.9. The number of carbonyl (C=O) groups excluding carboxylic acids is 1. The number of nitrogens with one attached hydrogen (secondary N) is 1. The molecule has 1 saturated carbocycles. The third kappa shape index (κ3) is 5.35. The molecule has 1 amide bonds. The molecule has 1 aliphatic carbocycles. The third-order valence-corrected chi connectivity index (χ3v) is 8.11. The Morgan fingerprint density at radius 3 is 2.50 bits per heavy atom. The molecule has 156 valence electrons. The lowest BCUT2D eigenvalue weighted by molar-refractivity contribution is -0.122. The molecule has 6 heteroatoms. The normalized spacial score (nSPS) is 23.2. The molecule has 1 heterocycles. The third-order valence-electron chi connectivity index (χ3n) is 6.20. The average Bonchev–Trinajstić information content (AvgIpc) is 3.37. The molecule has 1 aromatic carbocycles. The molecule has 28 heavy (non-hydrogen) atoms. The van der Waals surface area contributed by atoms with E-state index in [4.69, 9.17) is 0 Å². The molecular formula is C22H34N2O3S. The number of sulfonamides is 1. The summed E-state index contributed by atoms with van der Waals surface area (Å²) in [5.41, 5.74) is 1.00. The number of aryl methyl sites for hydroxylation is 1. The van der Waals surface area contributed by atoms with Gasteiger partial charge in [0.2, 0.25) is 15.9 Å². The maximum atomic E-state index is 12.6. The van der Waals surface area contributed by atoms with E-state index in [0.29, 0.717) is 42.8 Å². The van der Waals surface area contributed by atoms with Gasteiger partial charge in [-0.2, -0.15) is 4.31 Å². The average molecular weight is 407 g/mol. The van der Waals surface area contributed by atoms with E-state index in [1.54, 1.807) is 16.4 Å². The lowest BCUT2D eigenvalue weighted by atomic mass is 9.96. The minimum atomic E-state index is -3.36. The van der Waals surface area contributed by atoms with E-state index in [-0.39, 0.29) is 5.91 Å². The molecule has 1 saturated heterocycles. The summed E-state index contributed by atoms with van der Waals surface area (Å²) in [6, 6.07) is 7.38. The summed E-state index contributed by atoms with van der Waals surface area (Å²) >= 11 is 0. The van der Waals surface area contributed by atoms with Crippen LogP contribution in [-0.2, 0) is 21.2 Å². The van der Waals surface area contributed by atoms with Gasteiger partial charge in [-0.3, -0.25) is 4.79 Å². The molecule has 1 N–H and O–H groups in total. The lowest BCUT2D eigenvalue weighted by Gasteiger charge is -2.21. The minimum Gasteiger partial charge on any atom is -0.353 e. The van der Waals surface area contributed by atoms with E-state index in [1.807, 2.05) is 12.1 Å². The van der Waals surface area contributed by atoms with Crippen LogP contribution in [0.3, 0.4) is 0 Å². The van der Waals surface area contributed by atoms with Gasteiger partial charge < -0.3 is 5.32 Å². The molecule has 2 unspecified atom stereocenters. The zero-order chi connectivity index (χ0) is 20.0. The van der Waals surface area contributed by atoms with Gasteiger partial charge in [-0.1, -0.05) is 38.3 Å². The van der Waals surface area contributed by atoms with Gasteiger partial charge in [-0.25, -0.2) is 8.42 Å². The second-order valence-electron chi connectivity index (χ2n) is 8.26. The fourth-order valence-electron chi connectivity index (χ4n) is 4.48. The predicted octanol–water partition coefficient (Wildman–Crippen LogP) is 3.88. The number of amides is 1. The van der Waals surface area contributed by atoms with Crippen LogP contribution < -0.4 is 5.32 Å². The molecule has 0 bridgehead atoms. The van der Waals surface area contributed by atoms with Crippen molar-refractivity contribution in [2.24, 2.45) is 5.92 Å². The van der Waals surface area contributed by atoms with Gasteiger partial charge in [-0.05, 0) is 62.1 Å². The van der Waals surface area contributed by atoms with Gasteiger partial charge in [0.25, 0.3) is 0 Å². The molecule has 5 nitrogen and oxygen atoms in total. The topological polar surface area (TPSA) is 66.5 Å². The van der Waals surface area contributed by atoms with E-state index < -0.39 is 10.0 Å². The SMILES string of the molecule is CCCCC1CCCC1NC(=O)CCc1ccc(S(=O)(=O)N2CCCC2)cc1. The maximum Gasteiger partial charge on any atom is 0.243 e. The van der Waals surface area contributed by atoms with Gasteiger partial charge in [-0.15, -0.1) is 0 Å². The van der Waals surface area contributed by atoms with E-state index >= 15 is 0 Å². The van der Waals surface area contributed by atoms with Crippen LogP contribution in [0, 0.1) is 5.92 Å². The Kier molecular flexibility index (Phi) is 7.52. The van der Waals surface area contributed by atoms with Crippen molar-refractivity contribution in [1.29, 1.82) is 0 Å². The number of rotatable bonds is 9.